The largest absolute Gasteiger partial charge is 0.416 e. The summed E-state index contributed by atoms with van der Waals surface area (Å²) < 4.78 is 41.5. The van der Waals surface area contributed by atoms with E-state index < -0.39 is 11.7 Å². The third-order valence-corrected chi connectivity index (χ3v) is 9.28. The molecule has 46 heavy (non-hydrogen) atoms. The van der Waals surface area contributed by atoms with Gasteiger partial charge >= 0.3 is 6.18 Å². The maximum atomic E-state index is 13.1. The Labute approximate surface area is 266 Å². The molecular formula is C37H35F3N6. The van der Waals surface area contributed by atoms with Crippen LogP contribution >= 0.6 is 0 Å². The molecule has 9 heteroatoms. The minimum atomic E-state index is -4.43. The number of allylic oxidation sites excluding steroid dienone is 2. The summed E-state index contributed by atoms with van der Waals surface area (Å²) in [5.74, 6) is 2.76. The molecule has 0 spiro atoms. The van der Waals surface area contributed by atoms with Crippen molar-refractivity contribution in [3.05, 3.63) is 125 Å². The minimum absolute atomic E-state index is 0.127. The number of fused-ring (bicyclic) bond motifs is 1. The summed E-state index contributed by atoms with van der Waals surface area (Å²) in [4.78, 5) is 13.3. The number of benzene rings is 2. The molecule has 1 N–H and O–H groups in total. The first kappa shape index (κ1) is 29.9. The van der Waals surface area contributed by atoms with E-state index in [1.165, 1.54) is 27.8 Å². The first-order chi connectivity index (χ1) is 22.4. The van der Waals surface area contributed by atoms with Crippen LogP contribution in [-0.4, -0.2) is 29.7 Å². The van der Waals surface area contributed by atoms with Crippen molar-refractivity contribution >= 4 is 17.3 Å². The van der Waals surface area contributed by atoms with E-state index in [0.29, 0.717) is 5.92 Å². The number of rotatable bonds is 7. The molecule has 0 bridgehead atoms. The van der Waals surface area contributed by atoms with Crippen LogP contribution in [0.3, 0.4) is 0 Å². The van der Waals surface area contributed by atoms with Crippen molar-refractivity contribution in [2.45, 2.75) is 63.5 Å². The van der Waals surface area contributed by atoms with Gasteiger partial charge in [-0.3, -0.25) is 10.1 Å². The molecule has 1 fully saturated rings. The summed E-state index contributed by atoms with van der Waals surface area (Å²) in [7, 11) is 0. The topological polar surface area (TPSA) is 72.3 Å². The molecule has 7 rings (SSSR count). The lowest BCUT2D eigenvalue weighted by atomic mass is 9.79. The Morgan fingerprint density at radius 1 is 0.870 bits per heavy atom. The average molecular weight is 621 g/mol. The molecule has 0 saturated heterocycles. The zero-order valence-electron chi connectivity index (χ0n) is 25.4. The maximum absolute atomic E-state index is 13.1. The quantitative estimate of drug-likeness (QED) is 0.197. The van der Waals surface area contributed by atoms with E-state index in [9.17, 15) is 13.2 Å². The van der Waals surface area contributed by atoms with Crippen molar-refractivity contribution < 1.29 is 13.2 Å². The number of hydrogen-bond donors (Lipinski definition) is 1. The lowest BCUT2D eigenvalue weighted by molar-refractivity contribution is -0.137. The second-order valence-corrected chi connectivity index (χ2v) is 12.2. The highest BCUT2D eigenvalue weighted by atomic mass is 19.4. The first-order valence-electron chi connectivity index (χ1n) is 16.0. The zero-order valence-corrected chi connectivity index (χ0v) is 25.4. The van der Waals surface area contributed by atoms with Gasteiger partial charge in [0.2, 0.25) is 0 Å². The SMILES string of the molecule is FC(F)(F)c1ccnc(-c2n[nH]c(C3CCC(CCc4ccc(/C5=C(\c6ccccc6)c6nccn6/C=C/CC5)cc4)CC3)n2)c1. The van der Waals surface area contributed by atoms with Gasteiger partial charge in [-0.2, -0.15) is 18.3 Å². The van der Waals surface area contributed by atoms with E-state index >= 15 is 0 Å². The predicted molar refractivity (Wildman–Crippen MR) is 173 cm³/mol. The Hall–Kier alpha value is -4.79. The van der Waals surface area contributed by atoms with Crippen molar-refractivity contribution in [1.82, 2.24) is 29.7 Å². The molecular weight excluding hydrogens is 585 g/mol. The van der Waals surface area contributed by atoms with Gasteiger partial charge in [0.05, 0.1) is 5.56 Å². The number of halogens is 3. The summed E-state index contributed by atoms with van der Waals surface area (Å²) in [6, 6.07) is 21.6. The molecule has 5 aromatic rings. The number of hydrogen-bond acceptors (Lipinski definition) is 4. The van der Waals surface area contributed by atoms with Gasteiger partial charge < -0.3 is 4.57 Å². The normalized spacial score (nSPS) is 20.9. The van der Waals surface area contributed by atoms with Gasteiger partial charge in [-0.05, 0) is 91.7 Å². The number of H-pyrrole nitrogens is 1. The zero-order chi connectivity index (χ0) is 31.5. The Balaban J connectivity index is 0.988. The number of nitrogens with one attached hydrogen (secondary N) is 1. The van der Waals surface area contributed by atoms with Crippen LogP contribution in [0.5, 0.6) is 0 Å². The van der Waals surface area contributed by atoms with Crippen molar-refractivity contribution in [3.63, 3.8) is 0 Å². The lowest BCUT2D eigenvalue weighted by Crippen LogP contribution is -2.15. The number of aromatic amines is 1. The second kappa shape index (κ2) is 12.9. The molecule has 0 radical (unpaired) electrons. The van der Waals surface area contributed by atoms with Crippen molar-refractivity contribution in [2.24, 2.45) is 5.92 Å². The molecule has 1 saturated carbocycles. The Bertz CT molecular complexity index is 1840. The van der Waals surface area contributed by atoms with Crippen LogP contribution in [0.2, 0.25) is 0 Å². The predicted octanol–water partition coefficient (Wildman–Crippen LogP) is 9.21. The Kier molecular flexibility index (Phi) is 8.39. The highest BCUT2D eigenvalue weighted by Gasteiger charge is 2.31. The number of aromatic nitrogens is 6. The molecule has 1 aliphatic carbocycles. The van der Waals surface area contributed by atoms with Crippen molar-refractivity contribution in [1.29, 1.82) is 0 Å². The van der Waals surface area contributed by atoms with Crippen molar-refractivity contribution in [2.75, 3.05) is 0 Å². The van der Waals surface area contributed by atoms with Crippen LogP contribution < -0.4 is 0 Å². The van der Waals surface area contributed by atoms with Gasteiger partial charge in [-0.15, -0.1) is 0 Å². The van der Waals surface area contributed by atoms with E-state index in [-0.39, 0.29) is 17.4 Å². The van der Waals surface area contributed by atoms with E-state index in [4.69, 9.17) is 4.98 Å². The molecule has 2 aliphatic rings. The number of aryl methyl sites for hydroxylation is 1. The molecule has 234 valence electrons. The lowest BCUT2D eigenvalue weighted by Gasteiger charge is -2.27. The van der Waals surface area contributed by atoms with Crippen LogP contribution in [-0.2, 0) is 12.6 Å². The van der Waals surface area contributed by atoms with Crippen molar-refractivity contribution in [3.8, 4) is 11.5 Å². The molecule has 2 aromatic carbocycles. The number of nitrogens with zero attached hydrogens (tertiary/aromatic N) is 5. The Morgan fingerprint density at radius 2 is 1.67 bits per heavy atom. The smallest absolute Gasteiger partial charge is 0.307 e. The summed E-state index contributed by atoms with van der Waals surface area (Å²) in [5, 5.41) is 7.15. The van der Waals surface area contributed by atoms with E-state index in [0.717, 1.165) is 81.3 Å². The summed E-state index contributed by atoms with van der Waals surface area (Å²) in [6.45, 7) is 0. The third kappa shape index (κ3) is 6.45. The van der Waals surface area contributed by atoms with Crippen LogP contribution in [0.25, 0.3) is 28.9 Å². The average Bonchev–Trinajstić information content (AvgIpc) is 3.75. The van der Waals surface area contributed by atoms with E-state index in [2.05, 4.69) is 85.5 Å². The number of imidazole rings is 1. The highest BCUT2D eigenvalue weighted by Crippen LogP contribution is 2.38. The monoisotopic (exact) mass is 620 g/mol. The Morgan fingerprint density at radius 3 is 2.46 bits per heavy atom. The van der Waals surface area contributed by atoms with Gasteiger partial charge in [0.1, 0.15) is 17.3 Å². The molecule has 6 nitrogen and oxygen atoms in total. The molecule has 0 unspecified atom stereocenters. The summed E-state index contributed by atoms with van der Waals surface area (Å²) >= 11 is 0. The van der Waals surface area contributed by atoms with E-state index in [1.807, 2.05) is 18.5 Å². The summed E-state index contributed by atoms with van der Waals surface area (Å²) in [5.41, 5.74) is 5.62. The van der Waals surface area contributed by atoms with Gasteiger partial charge in [0.15, 0.2) is 5.82 Å². The second-order valence-electron chi connectivity index (χ2n) is 12.2. The minimum Gasteiger partial charge on any atom is -0.307 e. The first-order valence-corrected chi connectivity index (χ1v) is 16.0. The van der Waals surface area contributed by atoms with Gasteiger partial charge in [0.25, 0.3) is 0 Å². The van der Waals surface area contributed by atoms with E-state index in [1.54, 1.807) is 0 Å². The fraction of sp³-hybridized carbons (Fsp3) is 0.297. The third-order valence-electron chi connectivity index (χ3n) is 9.28. The van der Waals surface area contributed by atoms with Crippen LogP contribution in [0.1, 0.15) is 84.8 Å². The van der Waals surface area contributed by atoms with Gasteiger partial charge in [-0.1, -0.05) is 60.7 Å². The molecule has 1 aliphatic heterocycles. The van der Waals surface area contributed by atoms with Gasteiger partial charge in [0, 0.05) is 36.3 Å². The van der Waals surface area contributed by atoms with Crippen LogP contribution in [0.15, 0.2) is 91.4 Å². The molecule has 4 heterocycles. The standard InChI is InChI=1S/C37H35F3N6/c38-37(39,40)30-19-20-41-32(24-30)35-43-34(44-45-35)29-17-13-26(14-18-29)10-9-25-11-15-27(16-12-25)31-8-4-5-22-46-23-21-42-36(46)33(31)28-6-2-1-3-7-28/h1-3,5-7,11-12,15-16,19-24,26,29H,4,8-10,13-14,17-18H2,(H,43,44,45)/b22-5+,33-31+. The molecule has 0 atom stereocenters. The van der Waals surface area contributed by atoms with Crippen LogP contribution in [0, 0.1) is 5.92 Å². The molecule has 3 aromatic heterocycles. The molecule has 0 amide bonds. The number of alkyl halides is 3. The number of pyridine rings is 1. The highest BCUT2D eigenvalue weighted by molar-refractivity contribution is 5.97. The van der Waals surface area contributed by atoms with Crippen LogP contribution in [0.4, 0.5) is 13.2 Å². The maximum Gasteiger partial charge on any atom is 0.416 e. The fourth-order valence-electron chi connectivity index (χ4n) is 6.77. The summed E-state index contributed by atoms with van der Waals surface area (Å²) in [6.07, 6.45) is 13.1. The van der Waals surface area contributed by atoms with Gasteiger partial charge in [-0.25, -0.2) is 9.97 Å². The fourth-order valence-corrected chi connectivity index (χ4v) is 6.77.